The Morgan fingerprint density at radius 3 is 2.88 bits per heavy atom. The van der Waals surface area contributed by atoms with Gasteiger partial charge >= 0.3 is 0 Å². The summed E-state index contributed by atoms with van der Waals surface area (Å²) in [6.07, 6.45) is 1.18. The molecule has 1 heterocycles. The van der Waals surface area contributed by atoms with E-state index >= 15 is 0 Å². The van der Waals surface area contributed by atoms with Gasteiger partial charge in [0.05, 0.1) is 7.11 Å². The number of hydrogen-bond acceptors (Lipinski definition) is 3. The van der Waals surface area contributed by atoms with Crippen molar-refractivity contribution in [2.45, 2.75) is 26.8 Å². The summed E-state index contributed by atoms with van der Waals surface area (Å²) in [6, 6.07) is 6.31. The van der Waals surface area contributed by atoms with Crippen LogP contribution in [-0.2, 0) is 6.54 Å². The van der Waals surface area contributed by atoms with Crippen molar-refractivity contribution in [3.63, 3.8) is 0 Å². The van der Waals surface area contributed by atoms with Gasteiger partial charge in [-0.3, -0.25) is 0 Å². The molecule has 1 N–H and O–H groups in total. The van der Waals surface area contributed by atoms with Gasteiger partial charge in [0.25, 0.3) is 0 Å². The molecule has 0 fully saturated rings. The average Bonchev–Trinajstić information content (AvgIpc) is 2.66. The first-order chi connectivity index (χ1) is 8.26. The summed E-state index contributed by atoms with van der Waals surface area (Å²) in [5.41, 5.74) is 1.38. The fourth-order valence-corrected chi connectivity index (χ4v) is 3.09. The molecule has 0 aliphatic rings. The molecule has 0 saturated heterocycles. The molecule has 2 nitrogen and oxygen atoms in total. The van der Waals surface area contributed by atoms with Gasteiger partial charge in [-0.2, -0.15) is 0 Å². The maximum atomic E-state index is 5.27. The first kappa shape index (κ1) is 12.4. The Kier molecular flexibility index (Phi) is 4.02. The Morgan fingerprint density at radius 2 is 2.18 bits per heavy atom. The molecule has 2 rings (SSSR count). The van der Waals surface area contributed by atoms with Crippen LogP contribution in [0.5, 0.6) is 5.75 Å². The Bertz CT molecular complexity index is 504. The number of benzene rings is 1. The number of fused-ring (bicyclic) bond motifs is 1. The van der Waals surface area contributed by atoms with Crippen LogP contribution in [0.1, 0.15) is 23.8 Å². The highest BCUT2D eigenvalue weighted by atomic mass is 32.1. The van der Waals surface area contributed by atoms with E-state index in [9.17, 15) is 0 Å². The molecule has 2 aromatic rings. The fourth-order valence-electron chi connectivity index (χ4n) is 1.92. The number of hydrogen-bond donors (Lipinski definition) is 1. The van der Waals surface area contributed by atoms with Gasteiger partial charge in [0.2, 0.25) is 0 Å². The molecule has 0 unspecified atom stereocenters. The number of nitrogens with one attached hydrogen (secondary N) is 1. The normalized spacial score (nSPS) is 11.0. The second-order valence-electron chi connectivity index (χ2n) is 4.19. The molecule has 1 aromatic heterocycles. The molecule has 3 heteroatoms. The second kappa shape index (κ2) is 5.52. The van der Waals surface area contributed by atoms with Crippen molar-refractivity contribution in [3.8, 4) is 5.75 Å². The average molecular weight is 249 g/mol. The fraction of sp³-hybridized carbons (Fsp3) is 0.429. The van der Waals surface area contributed by atoms with E-state index in [-0.39, 0.29) is 0 Å². The maximum absolute atomic E-state index is 5.27. The van der Waals surface area contributed by atoms with Gasteiger partial charge < -0.3 is 10.1 Å². The predicted molar refractivity (Wildman–Crippen MR) is 75.1 cm³/mol. The number of thiophene rings is 1. The molecule has 92 valence electrons. The largest absolute Gasteiger partial charge is 0.497 e. The van der Waals surface area contributed by atoms with Crippen LogP contribution in [0.2, 0.25) is 0 Å². The van der Waals surface area contributed by atoms with E-state index in [2.05, 4.69) is 31.3 Å². The molecule has 0 aliphatic heterocycles. The van der Waals surface area contributed by atoms with E-state index in [0.29, 0.717) is 0 Å². The van der Waals surface area contributed by atoms with Crippen LogP contribution in [0.3, 0.4) is 0 Å². The third-order valence-electron chi connectivity index (χ3n) is 2.95. The molecule has 0 aliphatic carbocycles. The summed E-state index contributed by atoms with van der Waals surface area (Å²) in [4.78, 5) is 1.43. The van der Waals surface area contributed by atoms with Crippen LogP contribution >= 0.6 is 11.3 Å². The molecule has 17 heavy (non-hydrogen) atoms. The van der Waals surface area contributed by atoms with Crippen LogP contribution in [-0.4, -0.2) is 13.7 Å². The minimum atomic E-state index is 0.937. The Morgan fingerprint density at radius 1 is 1.35 bits per heavy atom. The molecular formula is C14H19NOS. The van der Waals surface area contributed by atoms with Gasteiger partial charge in [0, 0.05) is 16.1 Å². The third kappa shape index (κ3) is 2.61. The van der Waals surface area contributed by atoms with Gasteiger partial charge in [-0.25, -0.2) is 0 Å². The van der Waals surface area contributed by atoms with Crippen molar-refractivity contribution < 1.29 is 4.74 Å². The monoisotopic (exact) mass is 249 g/mol. The van der Waals surface area contributed by atoms with Crippen LogP contribution in [0.25, 0.3) is 10.1 Å². The molecule has 0 amide bonds. The highest BCUT2D eigenvalue weighted by molar-refractivity contribution is 7.19. The lowest BCUT2D eigenvalue weighted by Gasteiger charge is -2.01. The zero-order chi connectivity index (χ0) is 12.3. The molecule has 0 radical (unpaired) electrons. The topological polar surface area (TPSA) is 21.3 Å². The lowest BCUT2D eigenvalue weighted by molar-refractivity contribution is 0.415. The molecule has 0 atom stereocenters. The van der Waals surface area contributed by atoms with E-state index < -0.39 is 0 Å². The highest BCUT2D eigenvalue weighted by Crippen LogP contribution is 2.33. The quantitative estimate of drug-likeness (QED) is 0.815. The van der Waals surface area contributed by atoms with Gasteiger partial charge in [0.15, 0.2) is 0 Å². The van der Waals surface area contributed by atoms with Crippen LogP contribution in [0, 0.1) is 6.92 Å². The molecular weight excluding hydrogens is 230 g/mol. The van der Waals surface area contributed by atoms with Crippen molar-refractivity contribution >= 4 is 21.4 Å². The van der Waals surface area contributed by atoms with Crippen LogP contribution in [0.4, 0.5) is 0 Å². The van der Waals surface area contributed by atoms with E-state index in [1.807, 2.05) is 17.4 Å². The molecule has 1 aromatic carbocycles. The first-order valence-electron chi connectivity index (χ1n) is 6.03. The maximum Gasteiger partial charge on any atom is 0.119 e. The van der Waals surface area contributed by atoms with Gasteiger partial charge in [-0.15, -0.1) is 11.3 Å². The van der Waals surface area contributed by atoms with Gasteiger partial charge in [0.1, 0.15) is 5.75 Å². The number of aryl methyl sites for hydroxylation is 1. The predicted octanol–water partition coefficient (Wildman–Crippen LogP) is 3.72. The zero-order valence-electron chi connectivity index (χ0n) is 10.7. The van der Waals surface area contributed by atoms with Crippen molar-refractivity contribution in [3.05, 3.63) is 28.6 Å². The smallest absolute Gasteiger partial charge is 0.119 e. The molecule has 0 spiro atoms. The summed E-state index contributed by atoms with van der Waals surface area (Å²) in [6.45, 7) is 6.44. The standard InChI is InChI=1S/C14H19NOS/c1-4-7-15-9-14-10(2)12-8-11(16-3)5-6-13(12)17-14/h5-6,8,15H,4,7,9H2,1-3H3. The molecule has 0 saturated carbocycles. The van der Waals surface area contributed by atoms with Crippen molar-refractivity contribution in [1.82, 2.24) is 5.32 Å². The SMILES string of the molecule is CCCNCc1sc2ccc(OC)cc2c1C. The summed E-state index contributed by atoms with van der Waals surface area (Å²) >= 11 is 1.88. The van der Waals surface area contributed by atoms with Crippen LogP contribution in [0.15, 0.2) is 18.2 Å². The highest BCUT2D eigenvalue weighted by Gasteiger charge is 2.08. The lowest BCUT2D eigenvalue weighted by atomic mass is 10.1. The summed E-state index contributed by atoms with van der Waals surface area (Å²) in [5.74, 6) is 0.937. The Hall–Kier alpha value is -1.06. The number of ether oxygens (including phenoxy) is 1. The van der Waals surface area contributed by atoms with E-state index in [0.717, 1.165) is 18.8 Å². The molecule has 0 bridgehead atoms. The van der Waals surface area contributed by atoms with E-state index in [1.165, 1.54) is 26.9 Å². The minimum absolute atomic E-state index is 0.937. The first-order valence-corrected chi connectivity index (χ1v) is 6.84. The summed E-state index contributed by atoms with van der Waals surface area (Å²) in [5, 5.41) is 4.78. The summed E-state index contributed by atoms with van der Waals surface area (Å²) < 4.78 is 6.62. The Balaban J connectivity index is 2.29. The van der Waals surface area contributed by atoms with E-state index in [1.54, 1.807) is 7.11 Å². The van der Waals surface area contributed by atoms with E-state index in [4.69, 9.17) is 4.74 Å². The van der Waals surface area contributed by atoms with Gasteiger partial charge in [-0.05, 0) is 49.0 Å². The van der Waals surface area contributed by atoms with Crippen LogP contribution < -0.4 is 10.1 Å². The van der Waals surface area contributed by atoms with Crippen molar-refractivity contribution in [2.75, 3.05) is 13.7 Å². The second-order valence-corrected chi connectivity index (χ2v) is 5.33. The third-order valence-corrected chi connectivity index (χ3v) is 4.23. The summed E-state index contributed by atoms with van der Waals surface area (Å²) in [7, 11) is 1.71. The lowest BCUT2D eigenvalue weighted by Crippen LogP contribution is -2.13. The Labute approximate surface area is 107 Å². The minimum Gasteiger partial charge on any atom is -0.497 e. The zero-order valence-corrected chi connectivity index (χ0v) is 11.5. The van der Waals surface area contributed by atoms with Crippen molar-refractivity contribution in [2.24, 2.45) is 0 Å². The number of rotatable bonds is 5. The number of methoxy groups -OCH3 is 1. The van der Waals surface area contributed by atoms with Gasteiger partial charge in [-0.1, -0.05) is 6.92 Å². The van der Waals surface area contributed by atoms with Crippen molar-refractivity contribution in [1.29, 1.82) is 0 Å².